The molecule has 7 nitrogen and oxygen atoms in total. The molecule has 0 atom stereocenters. The standard InChI is InChI=1S/C19H25N4O3P/c1-3-25-27(26-4-2)10-6-9-24-15-8-5-7-14(11-15)16-12-21-19-17(16)18(20)22-13-23-19/h5,7-8,11-13H,3-4,6,9-10H2,1-2H3,(H3,20,21,22,23). The molecule has 144 valence electrons. The monoisotopic (exact) mass is 388 g/mol. The Morgan fingerprint density at radius 1 is 1.15 bits per heavy atom. The van der Waals surface area contributed by atoms with E-state index in [4.69, 9.17) is 19.5 Å². The molecule has 0 fully saturated rings. The molecule has 0 spiro atoms. The van der Waals surface area contributed by atoms with Crippen molar-refractivity contribution in [3.63, 3.8) is 0 Å². The third kappa shape index (κ3) is 4.95. The highest BCUT2D eigenvalue weighted by atomic mass is 31.2. The van der Waals surface area contributed by atoms with Gasteiger partial charge in [0.1, 0.15) is 23.5 Å². The molecule has 8 heteroatoms. The second-order valence-electron chi connectivity index (χ2n) is 5.81. The number of nitrogens with two attached hydrogens (primary N) is 1. The molecule has 3 aromatic rings. The van der Waals surface area contributed by atoms with Crippen LogP contribution in [0.2, 0.25) is 0 Å². The normalized spacial score (nSPS) is 11.4. The molecule has 0 bridgehead atoms. The molecule has 3 rings (SSSR count). The van der Waals surface area contributed by atoms with E-state index in [0.29, 0.717) is 25.6 Å². The molecule has 0 aliphatic carbocycles. The number of anilines is 1. The Hall–Kier alpha value is -2.21. The zero-order valence-electron chi connectivity index (χ0n) is 15.6. The maximum atomic E-state index is 6.03. The number of benzene rings is 1. The Morgan fingerprint density at radius 3 is 2.74 bits per heavy atom. The number of rotatable bonds is 10. The first-order chi connectivity index (χ1) is 13.2. The van der Waals surface area contributed by atoms with Crippen molar-refractivity contribution in [1.82, 2.24) is 15.0 Å². The number of nitrogens with zero attached hydrogens (tertiary/aromatic N) is 2. The zero-order valence-corrected chi connectivity index (χ0v) is 16.5. The van der Waals surface area contributed by atoms with Gasteiger partial charge >= 0.3 is 0 Å². The Morgan fingerprint density at radius 2 is 1.96 bits per heavy atom. The van der Waals surface area contributed by atoms with E-state index in [1.165, 1.54) is 6.33 Å². The molecular formula is C19H25N4O3P. The van der Waals surface area contributed by atoms with E-state index in [2.05, 4.69) is 15.0 Å². The van der Waals surface area contributed by atoms with Gasteiger partial charge in [0.05, 0.1) is 25.2 Å². The largest absolute Gasteiger partial charge is 0.494 e. The van der Waals surface area contributed by atoms with Crippen molar-refractivity contribution in [2.45, 2.75) is 20.3 Å². The Labute approximate surface area is 160 Å². The molecule has 27 heavy (non-hydrogen) atoms. The summed E-state index contributed by atoms with van der Waals surface area (Å²) in [5, 5.41) is 0.828. The number of hydrogen-bond acceptors (Lipinski definition) is 6. The molecule has 2 aromatic heterocycles. The highest BCUT2D eigenvalue weighted by Gasteiger charge is 2.12. The average molecular weight is 388 g/mol. The fraction of sp³-hybridized carbons (Fsp3) is 0.368. The summed E-state index contributed by atoms with van der Waals surface area (Å²) in [6.07, 6.45) is 5.10. The van der Waals surface area contributed by atoms with Crippen LogP contribution < -0.4 is 10.5 Å². The first-order valence-corrected chi connectivity index (χ1v) is 10.4. The number of nitrogen functional groups attached to an aromatic ring is 1. The quantitative estimate of drug-likeness (QED) is 0.396. The molecule has 0 saturated carbocycles. The maximum absolute atomic E-state index is 6.03. The lowest BCUT2D eigenvalue weighted by atomic mass is 10.1. The molecule has 2 heterocycles. The molecule has 0 saturated heterocycles. The van der Waals surface area contributed by atoms with Crippen LogP contribution in [-0.4, -0.2) is 40.9 Å². The van der Waals surface area contributed by atoms with Crippen LogP contribution in [0.4, 0.5) is 5.82 Å². The molecule has 0 aliphatic heterocycles. The van der Waals surface area contributed by atoms with E-state index >= 15 is 0 Å². The first kappa shape index (κ1) is 19.5. The SMILES string of the molecule is CCOP(CCCOc1cccc(-c2c[nH]c3ncnc(N)c23)c1)OCC. The summed E-state index contributed by atoms with van der Waals surface area (Å²) in [4.78, 5) is 11.4. The van der Waals surface area contributed by atoms with E-state index in [1.54, 1.807) is 0 Å². The second-order valence-corrected chi connectivity index (χ2v) is 7.44. The molecular weight excluding hydrogens is 363 g/mol. The van der Waals surface area contributed by atoms with Crippen LogP contribution >= 0.6 is 8.38 Å². The van der Waals surface area contributed by atoms with Crippen LogP contribution in [0, 0.1) is 0 Å². The third-order valence-electron chi connectivity index (χ3n) is 3.94. The van der Waals surface area contributed by atoms with Crippen LogP contribution in [0.5, 0.6) is 5.75 Å². The number of aromatic amines is 1. The molecule has 0 radical (unpaired) electrons. The number of hydrogen-bond donors (Lipinski definition) is 2. The van der Waals surface area contributed by atoms with Gasteiger partial charge in [-0.25, -0.2) is 9.97 Å². The molecule has 1 aromatic carbocycles. The Kier molecular flexibility index (Phi) is 6.98. The van der Waals surface area contributed by atoms with Gasteiger partial charge < -0.3 is 24.5 Å². The van der Waals surface area contributed by atoms with Gasteiger partial charge in [-0.05, 0) is 38.0 Å². The summed E-state index contributed by atoms with van der Waals surface area (Å²) in [6.45, 7) is 5.93. The van der Waals surface area contributed by atoms with Crippen LogP contribution in [0.1, 0.15) is 20.3 Å². The van der Waals surface area contributed by atoms with Gasteiger partial charge in [-0.1, -0.05) is 12.1 Å². The number of nitrogens with one attached hydrogen (secondary N) is 1. The number of fused-ring (bicyclic) bond motifs is 1. The highest BCUT2D eigenvalue weighted by molar-refractivity contribution is 7.47. The predicted octanol–water partition coefficient (Wildman–Crippen LogP) is 4.36. The lowest BCUT2D eigenvalue weighted by Crippen LogP contribution is -2.02. The Bertz CT molecular complexity index is 865. The van der Waals surface area contributed by atoms with Crippen molar-refractivity contribution in [2.75, 3.05) is 31.7 Å². The van der Waals surface area contributed by atoms with Crippen LogP contribution in [0.15, 0.2) is 36.8 Å². The van der Waals surface area contributed by atoms with E-state index in [9.17, 15) is 0 Å². The minimum atomic E-state index is -0.813. The van der Waals surface area contributed by atoms with E-state index in [1.807, 2.05) is 44.3 Å². The molecule has 0 aliphatic rings. The highest BCUT2D eigenvalue weighted by Crippen LogP contribution is 2.38. The van der Waals surface area contributed by atoms with Gasteiger partial charge in [-0.3, -0.25) is 0 Å². The average Bonchev–Trinajstić information content (AvgIpc) is 3.11. The maximum Gasteiger partial charge on any atom is 0.170 e. The van der Waals surface area contributed by atoms with Gasteiger partial charge in [0.2, 0.25) is 0 Å². The van der Waals surface area contributed by atoms with E-state index in [-0.39, 0.29) is 0 Å². The lowest BCUT2D eigenvalue weighted by molar-refractivity contribution is 0.263. The van der Waals surface area contributed by atoms with Gasteiger partial charge in [0.25, 0.3) is 0 Å². The summed E-state index contributed by atoms with van der Waals surface area (Å²) in [6, 6.07) is 7.94. The molecule has 3 N–H and O–H groups in total. The summed E-state index contributed by atoms with van der Waals surface area (Å²) < 4.78 is 17.1. The van der Waals surface area contributed by atoms with Gasteiger partial charge in [0, 0.05) is 17.9 Å². The first-order valence-electron chi connectivity index (χ1n) is 9.07. The van der Waals surface area contributed by atoms with Crippen molar-refractivity contribution in [3.05, 3.63) is 36.8 Å². The lowest BCUT2D eigenvalue weighted by Gasteiger charge is -2.15. The minimum Gasteiger partial charge on any atom is -0.494 e. The zero-order chi connectivity index (χ0) is 19.1. The van der Waals surface area contributed by atoms with Crippen LogP contribution in [-0.2, 0) is 9.05 Å². The molecule has 0 amide bonds. The number of ether oxygens (including phenoxy) is 1. The summed E-state index contributed by atoms with van der Waals surface area (Å²) >= 11 is 0. The summed E-state index contributed by atoms with van der Waals surface area (Å²) in [5.41, 5.74) is 8.72. The summed E-state index contributed by atoms with van der Waals surface area (Å²) in [7, 11) is -0.813. The smallest absolute Gasteiger partial charge is 0.170 e. The van der Waals surface area contributed by atoms with Crippen molar-refractivity contribution in [2.24, 2.45) is 0 Å². The van der Waals surface area contributed by atoms with Gasteiger partial charge in [-0.2, -0.15) is 0 Å². The van der Waals surface area contributed by atoms with Crippen molar-refractivity contribution in [3.8, 4) is 16.9 Å². The fourth-order valence-corrected chi connectivity index (χ4v) is 4.10. The van der Waals surface area contributed by atoms with Crippen molar-refractivity contribution >= 4 is 25.2 Å². The predicted molar refractivity (Wildman–Crippen MR) is 109 cm³/mol. The van der Waals surface area contributed by atoms with Crippen molar-refractivity contribution in [1.29, 1.82) is 0 Å². The molecule has 0 unspecified atom stereocenters. The van der Waals surface area contributed by atoms with Crippen LogP contribution in [0.3, 0.4) is 0 Å². The van der Waals surface area contributed by atoms with E-state index in [0.717, 1.165) is 40.5 Å². The number of H-pyrrole nitrogens is 1. The topological polar surface area (TPSA) is 95.3 Å². The number of aromatic nitrogens is 3. The fourth-order valence-electron chi connectivity index (χ4n) is 2.81. The van der Waals surface area contributed by atoms with E-state index < -0.39 is 8.38 Å². The summed E-state index contributed by atoms with van der Waals surface area (Å²) in [5.74, 6) is 1.28. The third-order valence-corrected chi connectivity index (χ3v) is 5.72. The van der Waals surface area contributed by atoms with Crippen LogP contribution in [0.25, 0.3) is 22.2 Å². The minimum absolute atomic E-state index is 0.461. The van der Waals surface area contributed by atoms with Gasteiger partial charge in [-0.15, -0.1) is 0 Å². The van der Waals surface area contributed by atoms with Crippen molar-refractivity contribution < 1.29 is 13.8 Å². The Balaban J connectivity index is 1.64. The van der Waals surface area contributed by atoms with Gasteiger partial charge in [0.15, 0.2) is 8.38 Å². The second kappa shape index (κ2) is 9.65.